The molecule has 1 fully saturated rings. The minimum absolute atomic E-state index is 0.269. The Hall–Kier alpha value is -1.91. The van der Waals surface area contributed by atoms with Crippen LogP contribution in [0.2, 0.25) is 0 Å². The number of benzene rings is 2. The van der Waals surface area contributed by atoms with Crippen molar-refractivity contribution in [2.45, 2.75) is 19.4 Å². The van der Waals surface area contributed by atoms with Crippen LogP contribution in [0.1, 0.15) is 18.4 Å². The minimum Gasteiger partial charge on any atom is -0.493 e. The van der Waals surface area contributed by atoms with E-state index in [2.05, 4.69) is 17.0 Å². The van der Waals surface area contributed by atoms with Crippen molar-refractivity contribution < 1.29 is 13.9 Å². The Kier molecular flexibility index (Phi) is 6.05. The fourth-order valence-corrected chi connectivity index (χ4v) is 3.13. The first-order valence-electron chi connectivity index (χ1n) is 8.85. The molecule has 0 bridgehead atoms. The lowest BCUT2D eigenvalue weighted by atomic mass is 10.0. The zero-order valence-electron chi connectivity index (χ0n) is 15.0. The Morgan fingerprint density at radius 2 is 1.92 bits per heavy atom. The van der Waals surface area contributed by atoms with Crippen LogP contribution in [0.4, 0.5) is 4.39 Å². The van der Waals surface area contributed by atoms with Crippen molar-refractivity contribution in [1.29, 1.82) is 0 Å². The van der Waals surface area contributed by atoms with Gasteiger partial charge in [0, 0.05) is 25.8 Å². The molecule has 1 aliphatic heterocycles. The van der Waals surface area contributed by atoms with E-state index in [0.717, 1.165) is 43.7 Å². The maximum absolute atomic E-state index is 14.0. The van der Waals surface area contributed by atoms with E-state index in [1.54, 1.807) is 6.07 Å². The van der Waals surface area contributed by atoms with Gasteiger partial charge in [0.05, 0.1) is 6.61 Å². The molecule has 3 rings (SSSR count). The second kappa shape index (κ2) is 8.45. The lowest BCUT2D eigenvalue weighted by molar-refractivity contribution is 0.178. The molecule has 1 saturated heterocycles. The van der Waals surface area contributed by atoms with Gasteiger partial charge in [0.15, 0.2) is 0 Å². The van der Waals surface area contributed by atoms with E-state index in [0.29, 0.717) is 18.3 Å². The topological polar surface area (TPSA) is 21.7 Å². The van der Waals surface area contributed by atoms with Gasteiger partial charge in [0.2, 0.25) is 0 Å². The molecule has 25 heavy (non-hydrogen) atoms. The summed E-state index contributed by atoms with van der Waals surface area (Å²) >= 11 is 0. The highest BCUT2D eigenvalue weighted by atomic mass is 19.1. The first-order valence-corrected chi connectivity index (χ1v) is 8.85. The van der Waals surface area contributed by atoms with Crippen LogP contribution in [0.25, 0.3) is 11.1 Å². The van der Waals surface area contributed by atoms with Gasteiger partial charge in [0.25, 0.3) is 0 Å². The average molecular weight is 343 g/mol. The Morgan fingerprint density at radius 3 is 2.60 bits per heavy atom. The summed E-state index contributed by atoms with van der Waals surface area (Å²) in [6.45, 7) is 3.15. The molecule has 0 radical (unpaired) electrons. The second-order valence-corrected chi connectivity index (χ2v) is 6.98. The van der Waals surface area contributed by atoms with Gasteiger partial charge >= 0.3 is 0 Å². The summed E-state index contributed by atoms with van der Waals surface area (Å²) in [5.41, 5.74) is 3.08. The normalized spacial score (nSPS) is 17.2. The summed E-state index contributed by atoms with van der Waals surface area (Å²) in [4.78, 5) is 2.12. The highest BCUT2D eigenvalue weighted by Gasteiger charge is 2.15. The van der Waals surface area contributed by atoms with E-state index in [4.69, 9.17) is 9.47 Å². The van der Waals surface area contributed by atoms with Gasteiger partial charge < -0.3 is 14.4 Å². The Morgan fingerprint density at radius 1 is 1.12 bits per heavy atom. The van der Waals surface area contributed by atoms with Crippen molar-refractivity contribution in [2.75, 3.05) is 33.9 Å². The van der Waals surface area contributed by atoms with Crippen LogP contribution < -0.4 is 4.74 Å². The molecule has 4 heteroatoms. The van der Waals surface area contributed by atoms with Gasteiger partial charge in [-0.25, -0.2) is 4.39 Å². The molecule has 2 aromatic carbocycles. The highest BCUT2D eigenvalue weighted by molar-refractivity contribution is 5.65. The quantitative estimate of drug-likeness (QED) is 0.745. The lowest BCUT2D eigenvalue weighted by Gasteiger charge is -2.12. The molecule has 1 unspecified atom stereocenters. The first-order chi connectivity index (χ1) is 12.1. The molecule has 1 heterocycles. The zero-order valence-corrected chi connectivity index (χ0v) is 15.0. The van der Waals surface area contributed by atoms with Crippen LogP contribution in [0.15, 0.2) is 42.5 Å². The summed E-state index contributed by atoms with van der Waals surface area (Å²) in [7, 11) is 4.09. The minimum atomic E-state index is -0.269. The molecule has 0 amide bonds. The third kappa shape index (κ3) is 5.28. The van der Waals surface area contributed by atoms with Crippen molar-refractivity contribution in [3.8, 4) is 16.9 Å². The van der Waals surface area contributed by atoms with Gasteiger partial charge in [-0.2, -0.15) is 0 Å². The Bertz CT molecular complexity index is 679. The van der Waals surface area contributed by atoms with Crippen molar-refractivity contribution in [2.24, 2.45) is 5.92 Å². The third-order valence-corrected chi connectivity index (χ3v) is 4.48. The number of halogens is 1. The van der Waals surface area contributed by atoms with Crippen LogP contribution in [-0.4, -0.2) is 38.8 Å². The fraction of sp³-hybridized carbons (Fsp3) is 0.429. The highest BCUT2D eigenvalue weighted by Crippen LogP contribution is 2.27. The van der Waals surface area contributed by atoms with E-state index < -0.39 is 0 Å². The average Bonchev–Trinajstić information content (AvgIpc) is 3.08. The van der Waals surface area contributed by atoms with E-state index in [9.17, 15) is 4.39 Å². The number of rotatable bonds is 7. The number of hydrogen-bond acceptors (Lipinski definition) is 3. The van der Waals surface area contributed by atoms with E-state index >= 15 is 0 Å². The molecule has 134 valence electrons. The number of ether oxygens (including phenoxy) is 2. The Labute approximate surface area is 149 Å². The number of nitrogens with zero attached hydrogens (tertiary/aromatic N) is 1. The molecule has 1 aliphatic rings. The predicted octanol–water partition coefficient (Wildman–Crippen LogP) is 4.36. The summed E-state index contributed by atoms with van der Waals surface area (Å²) in [6.07, 6.45) is 2.04. The number of hydrogen-bond donors (Lipinski definition) is 0. The SMILES string of the molecule is CN(C)Cc1ccc(-c2cc(F)cc(OCCC3CCOC3)c2)cc1. The molecule has 0 aliphatic carbocycles. The zero-order chi connectivity index (χ0) is 17.6. The van der Waals surface area contributed by atoms with Crippen molar-refractivity contribution in [3.05, 3.63) is 53.8 Å². The largest absolute Gasteiger partial charge is 0.493 e. The summed E-state index contributed by atoms with van der Waals surface area (Å²) in [5, 5.41) is 0. The van der Waals surface area contributed by atoms with Gasteiger partial charge in [0.1, 0.15) is 11.6 Å². The van der Waals surface area contributed by atoms with Crippen LogP contribution in [0, 0.1) is 11.7 Å². The fourth-order valence-electron chi connectivity index (χ4n) is 3.13. The molecule has 0 N–H and O–H groups in total. The van der Waals surface area contributed by atoms with Gasteiger partial charge in [-0.3, -0.25) is 0 Å². The summed E-state index contributed by atoms with van der Waals surface area (Å²) in [5.74, 6) is 0.887. The van der Waals surface area contributed by atoms with Crippen LogP contribution in [0.3, 0.4) is 0 Å². The smallest absolute Gasteiger partial charge is 0.127 e. The third-order valence-electron chi connectivity index (χ3n) is 4.48. The lowest BCUT2D eigenvalue weighted by Crippen LogP contribution is -2.10. The second-order valence-electron chi connectivity index (χ2n) is 6.98. The van der Waals surface area contributed by atoms with Crippen LogP contribution in [-0.2, 0) is 11.3 Å². The standard InChI is InChI=1S/C21H26FNO2/c1-23(2)14-16-3-5-18(6-4-16)19-11-20(22)13-21(12-19)25-10-8-17-7-9-24-15-17/h3-6,11-13,17H,7-10,14-15H2,1-2H3. The maximum atomic E-state index is 14.0. The van der Waals surface area contributed by atoms with Crippen molar-refractivity contribution in [3.63, 3.8) is 0 Å². The van der Waals surface area contributed by atoms with Gasteiger partial charge in [-0.05, 0) is 61.7 Å². The molecule has 1 atom stereocenters. The summed E-state index contributed by atoms with van der Waals surface area (Å²) < 4.78 is 25.1. The molecule has 2 aromatic rings. The molecule has 0 saturated carbocycles. The molecular weight excluding hydrogens is 317 g/mol. The van der Waals surface area contributed by atoms with E-state index in [1.807, 2.05) is 32.3 Å². The molecule has 0 spiro atoms. The molecule has 0 aromatic heterocycles. The van der Waals surface area contributed by atoms with Gasteiger partial charge in [-0.15, -0.1) is 0 Å². The van der Waals surface area contributed by atoms with Crippen molar-refractivity contribution >= 4 is 0 Å². The van der Waals surface area contributed by atoms with Gasteiger partial charge in [-0.1, -0.05) is 24.3 Å². The van der Waals surface area contributed by atoms with E-state index in [-0.39, 0.29) is 5.82 Å². The van der Waals surface area contributed by atoms with Crippen LogP contribution >= 0.6 is 0 Å². The summed E-state index contributed by atoms with van der Waals surface area (Å²) in [6, 6.07) is 13.2. The van der Waals surface area contributed by atoms with E-state index in [1.165, 1.54) is 11.6 Å². The molecular formula is C21H26FNO2. The van der Waals surface area contributed by atoms with Crippen LogP contribution in [0.5, 0.6) is 5.75 Å². The maximum Gasteiger partial charge on any atom is 0.127 e. The monoisotopic (exact) mass is 343 g/mol. The molecule has 3 nitrogen and oxygen atoms in total. The predicted molar refractivity (Wildman–Crippen MR) is 98.3 cm³/mol. The first kappa shape index (κ1) is 17.9. The van der Waals surface area contributed by atoms with Crippen molar-refractivity contribution in [1.82, 2.24) is 4.90 Å². The Balaban J connectivity index is 1.65.